The number of esters is 1. The van der Waals surface area contributed by atoms with Crippen molar-refractivity contribution >= 4 is 5.97 Å². The molecule has 21 heavy (non-hydrogen) atoms. The lowest BCUT2D eigenvalue weighted by molar-refractivity contribution is -0.141. The standard InChI is InChI=1S/C17H28O4/c1-4-5-8-17(2,3)15(19)7-6-11-12-9-16(20)21-14(12)10-13(11)18/h6-7,11-15,18-19H,4-5,8-10H2,1-3H3/t11-,12?,13-,14?,15-/m1/s1. The van der Waals surface area contributed by atoms with Gasteiger partial charge in [0.05, 0.1) is 18.6 Å². The summed E-state index contributed by atoms with van der Waals surface area (Å²) in [5.41, 5.74) is -0.169. The molecule has 0 bridgehead atoms. The van der Waals surface area contributed by atoms with Gasteiger partial charge in [-0.05, 0) is 11.8 Å². The Morgan fingerprint density at radius 2 is 2.19 bits per heavy atom. The zero-order valence-corrected chi connectivity index (χ0v) is 13.3. The summed E-state index contributed by atoms with van der Waals surface area (Å²) in [5, 5.41) is 20.5. The number of carbonyl (C=O) groups is 1. The van der Waals surface area contributed by atoms with E-state index < -0.39 is 12.2 Å². The zero-order chi connectivity index (χ0) is 15.6. The van der Waals surface area contributed by atoms with Crippen LogP contribution in [0, 0.1) is 17.3 Å². The molecule has 0 amide bonds. The highest BCUT2D eigenvalue weighted by Gasteiger charge is 2.48. The topological polar surface area (TPSA) is 66.8 Å². The molecule has 5 atom stereocenters. The lowest BCUT2D eigenvalue weighted by atomic mass is 9.80. The predicted molar refractivity (Wildman–Crippen MR) is 80.6 cm³/mol. The molecule has 120 valence electrons. The van der Waals surface area contributed by atoms with Crippen molar-refractivity contribution in [2.45, 2.75) is 71.2 Å². The van der Waals surface area contributed by atoms with Gasteiger partial charge >= 0.3 is 5.97 Å². The molecule has 1 aliphatic carbocycles. The molecule has 2 unspecified atom stereocenters. The van der Waals surface area contributed by atoms with Crippen molar-refractivity contribution in [2.75, 3.05) is 0 Å². The van der Waals surface area contributed by atoms with Crippen LogP contribution in [0.3, 0.4) is 0 Å². The van der Waals surface area contributed by atoms with Crippen LogP contribution in [0.5, 0.6) is 0 Å². The summed E-state index contributed by atoms with van der Waals surface area (Å²) in [6.07, 6.45) is 6.62. The van der Waals surface area contributed by atoms with E-state index in [1.807, 2.05) is 6.08 Å². The Bertz CT molecular complexity index is 402. The van der Waals surface area contributed by atoms with Gasteiger partial charge in [-0.2, -0.15) is 0 Å². The lowest BCUT2D eigenvalue weighted by Crippen LogP contribution is -2.28. The Hall–Kier alpha value is -0.870. The number of hydrogen-bond acceptors (Lipinski definition) is 4. The van der Waals surface area contributed by atoms with Crippen molar-refractivity contribution in [3.8, 4) is 0 Å². The van der Waals surface area contributed by atoms with Crippen molar-refractivity contribution in [3.05, 3.63) is 12.2 Å². The van der Waals surface area contributed by atoms with Crippen LogP contribution in [-0.2, 0) is 9.53 Å². The highest BCUT2D eigenvalue weighted by molar-refractivity contribution is 5.72. The average molecular weight is 296 g/mol. The Balaban J connectivity index is 1.98. The number of aliphatic hydroxyl groups excluding tert-OH is 2. The van der Waals surface area contributed by atoms with Gasteiger partial charge in [0.2, 0.25) is 0 Å². The van der Waals surface area contributed by atoms with E-state index >= 15 is 0 Å². The van der Waals surface area contributed by atoms with Crippen LogP contribution < -0.4 is 0 Å². The van der Waals surface area contributed by atoms with E-state index in [0.29, 0.717) is 12.8 Å². The van der Waals surface area contributed by atoms with E-state index in [0.717, 1.165) is 19.3 Å². The molecule has 0 radical (unpaired) electrons. The summed E-state index contributed by atoms with van der Waals surface area (Å²) in [6.45, 7) is 6.27. The van der Waals surface area contributed by atoms with Crippen molar-refractivity contribution < 1.29 is 19.7 Å². The van der Waals surface area contributed by atoms with Gasteiger partial charge in [-0.15, -0.1) is 0 Å². The Morgan fingerprint density at radius 3 is 2.86 bits per heavy atom. The third-order valence-electron chi connectivity index (χ3n) is 5.07. The van der Waals surface area contributed by atoms with Crippen LogP contribution in [0.4, 0.5) is 0 Å². The Labute approximate surface area is 127 Å². The van der Waals surface area contributed by atoms with Gasteiger partial charge in [0, 0.05) is 18.3 Å². The summed E-state index contributed by atoms with van der Waals surface area (Å²) in [7, 11) is 0. The Morgan fingerprint density at radius 1 is 1.48 bits per heavy atom. The lowest BCUT2D eigenvalue weighted by Gasteiger charge is -2.29. The summed E-state index contributed by atoms with van der Waals surface area (Å²) in [5.74, 6) is -0.188. The quantitative estimate of drug-likeness (QED) is 0.583. The minimum absolute atomic E-state index is 0.0645. The number of ether oxygens (including phenoxy) is 1. The molecule has 1 saturated heterocycles. The highest BCUT2D eigenvalue weighted by Crippen LogP contribution is 2.42. The number of aliphatic hydroxyl groups is 2. The molecule has 0 aromatic rings. The second kappa shape index (κ2) is 6.49. The molecule has 0 aromatic heterocycles. The van der Waals surface area contributed by atoms with Crippen LogP contribution in [0.15, 0.2) is 12.2 Å². The summed E-state index contributed by atoms with van der Waals surface area (Å²) in [4.78, 5) is 11.3. The third kappa shape index (κ3) is 3.67. The zero-order valence-electron chi connectivity index (χ0n) is 13.3. The minimum atomic E-state index is -0.534. The first kappa shape index (κ1) is 16.5. The first-order valence-electron chi connectivity index (χ1n) is 8.09. The van der Waals surface area contributed by atoms with Crippen LogP contribution in [0.25, 0.3) is 0 Å². The number of carbonyl (C=O) groups excluding carboxylic acids is 1. The number of fused-ring (bicyclic) bond motifs is 1. The van der Waals surface area contributed by atoms with Crippen molar-refractivity contribution in [3.63, 3.8) is 0 Å². The fraction of sp³-hybridized carbons (Fsp3) is 0.824. The minimum Gasteiger partial charge on any atom is -0.462 e. The first-order valence-corrected chi connectivity index (χ1v) is 8.09. The largest absolute Gasteiger partial charge is 0.462 e. The maximum absolute atomic E-state index is 11.3. The van der Waals surface area contributed by atoms with Crippen molar-refractivity contribution in [1.82, 2.24) is 0 Å². The van der Waals surface area contributed by atoms with Gasteiger partial charge in [-0.1, -0.05) is 45.8 Å². The monoisotopic (exact) mass is 296 g/mol. The molecular weight excluding hydrogens is 268 g/mol. The molecule has 4 heteroatoms. The summed E-state index contributed by atoms with van der Waals surface area (Å²) in [6, 6.07) is 0. The van der Waals surface area contributed by atoms with Crippen LogP contribution in [0.2, 0.25) is 0 Å². The Kier molecular flexibility index (Phi) is 5.10. The van der Waals surface area contributed by atoms with Gasteiger partial charge in [0.15, 0.2) is 0 Å². The molecule has 0 spiro atoms. The summed E-state index contributed by atoms with van der Waals surface area (Å²) >= 11 is 0. The van der Waals surface area contributed by atoms with Crippen molar-refractivity contribution in [1.29, 1.82) is 0 Å². The van der Waals surface area contributed by atoms with Crippen LogP contribution in [0.1, 0.15) is 52.9 Å². The molecule has 1 aliphatic heterocycles. The predicted octanol–water partition coefficient (Wildman–Crippen LogP) is 2.43. The van der Waals surface area contributed by atoms with E-state index in [4.69, 9.17) is 4.74 Å². The van der Waals surface area contributed by atoms with Crippen molar-refractivity contribution in [2.24, 2.45) is 17.3 Å². The van der Waals surface area contributed by atoms with Gasteiger partial charge in [0.1, 0.15) is 6.10 Å². The van der Waals surface area contributed by atoms with Crippen LogP contribution >= 0.6 is 0 Å². The third-order valence-corrected chi connectivity index (χ3v) is 5.07. The highest BCUT2D eigenvalue weighted by atomic mass is 16.6. The van der Waals surface area contributed by atoms with E-state index in [1.165, 1.54) is 0 Å². The second-order valence-electron chi connectivity index (χ2n) is 7.20. The second-order valence-corrected chi connectivity index (χ2v) is 7.20. The van der Waals surface area contributed by atoms with E-state index in [-0.39, 0.29) is 29.3 Å². The van der Waals surface area contributed by atoms with E-state index in [2.05, 4.69) is 20.8 Å². The molecule has 2 aliphatic rings. The summed E-state index contributed by atoms with van der Waals surface area (Å²) < 4.78 is 5.22. The molecule has 1 saturated carbocycles. The average Bonchev–Trinajstić information content (AvgIpc) is 2.89. The smallest absolute Gasteiger partial charge is 0.306 e. The SMILES string of the molecule is CCCCC(C)(C)[C@H](O)C=C[C@@H]1C2CC(=O)OC2C[C@H]1O. The van der Waals surface area contributed by atoms with Gasteiger partial charge < -0.3 is 14.9 Å². The number of hydrogen-bond donors (Lipinski definition) is 2. The maximum atomic E-state index is 11.3. The fourth-order valence-electron chi connectivity index (χ4n) is 3.46. The van der Waals surface area contributed by atoms with Gasteiger partial charge in [-0.25, -0.2) is 0 Å². The molecule has 2 fully saturated rings. The molecule has 2 rings (SSSR count). The maximum Gasteiger partial charge on any atom is 0.306 e. The fourth-order valence-corrected chi connectivity index (χ4v) is 3.46. The van der Waals surface area contributed by atoms with Gasteiger partial charge in [0.25, 0.3) is 0 Å². The number of rotatable bonds is 6. The molecule has 0 aromatic carbocycles. The molecule has 4 nitrogen and oxygen atoms in total. The molecular formula is C17H28O4. The van der Waals surface area contributed by atoms with Crippen LogP contribution in [-0.4, -0.2) is 34.5 Å². The first-order chi connectivity index (χ1) is 9.85. The normalized spacial score (nSPS) is 34.2. The van der Waals surface area contributed by atoms with E-state index in [1.54, 1.807) is 6.08 Å². The molecule has 2 N–H and O–H groups in total. The number of unbranched alkanes of at least 4 members (excludes halogenated alkanes) is 1. The van der Waals surface area contributed by atoms with Gasteiger partial charge in [-0.3, -0.25) is 4.79 Å². The van der Waals surface area contributed by atoms with E-state index in [9.17, 15) is 15.0 Å². The molecule has 1 heterocycles.